The smallest absolute Gasteiger partial charge is 0.338 e. The largest absolute Gasteiger partial charge is 0.463 e. The summed E-state index contributed by atoms with van der Waals surface area (Å²) in [6.45, 7) is 6.27. The number of amides is 3. The van der Waals surface area contributed by atoms with E-state index in [2.05, 4.69) is 10.2 Å². The Bertz CT molecular complexity index is 1190. The number of benzene rings is 2. The third-order valence-electron chi connectivity index (χ3n) is 6.55. The van der Waals surface area contributed by atoms with E-state index in [0.717, 1.165) is 11.1 Å². The number of hydrogen-bond acceptors (Lipinski definition) is 5. The minimum Gasteiger partial charge on any atom is -0.463 e. The molecule has 1 fully saturated rings. The number of piperazine rings is 1. The number of nitrogens with one attached hydrogen (secondary N) is 1. The maximum Gasteiger partial charge on any atom is 0.338 e. The molecule has 36 heavy (non-hydrogen) atoms. The van der Waals surface area contributed by atoms with Gasteiger partial charge in [-0.3, -0.25) is 14.6 Å². The van der Waals surface area contributed by atoms with Gasteiger partial charge in [-0.1, -0.05) is 35.9 Å². The Morgan fingerprint density at radius 3 is 2.47 bits per heavy atom. The highest BCUT2D eigenvalue weighted by molar-refractivity contribution is 5.95. The molecule has 3 amide bonds. The molecule has 1 N–H and O–H groups in total. The minimum absolute atomic E-state index is 0.214. The van der Waals surface area contributed by atoms with Crippen LogP contribution in [-0.4, -0.2) is 79.0 Å². The van der Waals surface area contributed by atoms with Crippen LogP contribution in [0.2, 0.25) is 0 Å². The van der Waals surface area contributed by atoms with Crippen LogP contribution in [0.25, 0.3) is 0 Å². The average Bonchev–Trinajstić information content (AvgIpc) is 2.86. The molecule has 0 aromatic heterocycles. The van der Waals surface area contributed by atoms with E-state index in [1.807, 2.05) is 31.2 Å². The molecule has 1 saturated heterocycles. The van der Waals surface area contributed by atoms with Crippen molar-refractivity contribution in [2.75, 3.05) is 46.4 Å². The quantitative estimate of drug-likeness (QED) is 0.624. The summed E-state index contributed by atoms with van der Waals surface area (Å²) in [6, 6.07) is 12.4. The number of rotatable bonds is 6. The highest BCUT2D eigenvalue weighted by atomic mass is 19.1. The second kappa shape index (κ2) is 10.9. The van der Waals surface area contributed by atoms with Crippen molar-refractivity contribution in [2.24, 2.45) is 0 Å². The number of likely N-dealkylation sites (N-methyl/N-ethyl adjacent to an activating group) is 1. The molecule has 8 nitrogen and oxygen atoms in total. The van der Waals surface area contributed by atoms with Crippen molar-refractivity contribution in [3.8, 4) is 0 Å². The number of ether oxygens (including phenoxy) is 1. The molecule has 0 aliphatic carbocycles. The third-order valence-corrected chi connectivity index (χ3v) is 6.55. The molecule has 190 valence electrons. The summed E-state index contributed by atoms with van der Waals surface area (Å²) < 4.78 is 19.0. The Labute approximate surface area is 210 Å². The van der Waals surface area contributed by atoms with Crippen molar-refractivity contribution in [3.63, 3.8) is 0 Å². The zero-order chi connectivity index (χ0) is 25.8. The normalized spacial score (nSPS) is 18.8. The van der Waals surface area contributed by atoms with Crippen molar-refractivity contribution in [1.82, 2.24) is 20.0 Å². The van der Waals surface area contributed by atoms with E-state index < -0.39 is 17.8 Å². The number of halogens is 1. The van der Waals surface area contributed by atoms with Gasteiger partial charge in [-0.15, -0.1) is 0 Å². The monoisotopic (exact) mass is 494 g/mol. The first kappa shape index (κ1) is 25.4. The Morgan fingerprint density at radius 2 is 1.81 bits per heavy atom. The highest BCUT2D eigenvalue weighted by Crippen LogP contribution is 2.32. The fourth-order valence-corrected chi connectivity index (χ4v) is 4.62. The summed E-state index contributed by atoms with van der Waals surface area (Å²) in [6.07, 6.45) is 0. The molecule has 0 bridgehead atoms. The van der Waals surface area contributed by atoms with Crippen LogP contribution in [0.1, 0.15) is 34.5 Å². The Hall–Kier alpha value is -3.72. The van der Waals surface area contributed by atoms with E-state index in [1.54, 1.807) is 24.9 Å². The van der Waals surface area contributed by atoms with Crippen molar-refractivity contribution in [2.45, 2.75) is 19.9 Å². The van der Waals surface area contributed by atoms with Crippen molar-refractivity contribution in [3.05, 3.63) is 82.3 Å². The summed E-state index contributed by atoms with van der Waals surface area (Å²) >= 11 is 0. The molecular weight excluding hydrogens is 463 g/mol. The maximum absolute atomic E-state index is 13.6. The third kappa shape index (κ3) is 5.41. The van der Waals surface area contributed by atoms with Crippen LogP contribution in [0, 0.1) is 12.7 Å². The van der Waals surface area contributed by atoms with Crippen LogP contribution in [0.15, 0.2) is 59.8 Å². The van der Waals surface area contributed by atoms with Gasteiger partial charge >= 0.3 is 12.0 Å². The molecule has 2 aromatic rings. The predicted octanol–water partition coefficient (Wildman–Crippen LogP) is 3.11. The lowest BCUT2D eigenvalue weighted by molar-refractivity contribution is -0.139. The number of urea groups is 1. The SMILES string of the molecule is CCOC(=O)C1=C(CN2CCN(C(=O)c3cccc(F)c3)CC2)N(C)C(=O)N[C@H]1c1cccc(C)c1. The van der Waals surface area contributed by atoms with Gasteiger partial charge in [0.2, 0.25) is 0 Å². The summed E-state index contributed by atoms with van der Waals surface area (Å²) in [5, 5.41) is 2.94. The lowest BCUT2D eigenvalue weighted by atomic mass is 9.93. The zero-order valence-corrected chi connectivity index (χ0v) is 20.8. The fourth-order valence-electron chi connectivity index (χ4n) is 4.62. The zero-order valence-electron chi connectivity index (χ0n) is 20.8. The Morgan fingerprint density at radius 1 is 1.08 bits per heavy atom. The van der Waals surface area contributed by atoms with Crippen molar-refractivity contribution >= 4 is 17.9 Å². The molecule has 0 saturated carbocycles. The van der Waals surface area contributed by atoms with Gasteiger partial charge in [0, 0.05) is 51.0 Å². The van der Waals surface area contributed by atoms with E-state index in [9.17, 15) is 18.8 Å². The molecular formula is C27H31FN4O4. The molecule has 2 aliphatic heterocycles. The van der Waals surface area contributed by atoms with Crippen LogP contribution in [0.5, 0.6) is 0 Å². The van der Waals surface area contributed by atoms with Crippen LogP contribution in [-0.2, 0) is 9.53 Å². The number of carbonyl (C=O) groups excluding carboxylic acids is 3. The van der Waals surface area contributed by atoms with Gasteiger partial charge in [-0.2, -0.15) is 0 Å². The van der Waals surface area contributed by atoms with Gasteiger partial charge in [-0.25, -0.2) is 14.0 Å². The van der Waals surface area contributed by atoms with Gasteiger partial charge in [0.15, 0.2) is 0 Å². The number of hydrogen-bond donors (Lipinski definition) is 1. The van der Waals surface area contributed by atoms with E-state index in [4.69, 9.17) is 4.74 Å². The van der Waals surface area contributed by atoms with Crippen molar-refractivity contribution < 1.29 is 23.5 Å². The summed E-state index contributed by atoms with van der Waals surface area (Å²) in [5.74, 6) is -1.13. The fraction of sp³-hybridized carbons (Fsp3) is 0.370. The second-order valence-electron chi connectivity index (χ2n) is 9.02. The number of nitrogens with zero attached hydrogens (tertiary/aromatic N) is 3. The summed E-state index contributed by atoms with van der Waals surface area (Å²) in [4.78, 5) is 44.1. The van der Waals surface area contributed by atoms with Gasteiger partial charge < -0.3 is 15.0 Å². The predicted molar refractivity (Wildman–Crippen MR) is 133 cm³/mol. The Balaban J connectivity index is 1.57. The topological polar surface area (TPSA) is 82.2 Å². The van der Waals surface area contributed by atoms with Crippen LogP contribution >= 0.6 is 0 Å². The first-order valence-corrected chi connectivity index (χ1v) is 12.1. The van der Waals surface area contributed by atoms with Gasteiger partial charge in [0.25, 0.3) is 5.91 Å². The van der Waals surface area contributed by atoms with Crippen molar-refractivity contribution in [1.29, 1.82) is 0 Å². The molecule has 0 radical (unpaired) electrons. The first-order valence-electron chi connectivity index (χ1n) is 12.1. The van der Waals surface area contributed by atoms with E-state index in [1.165, 1.54) is 23.1 Å². The highest BCUT2D eigenvalue weighted by Gasteiger charge is 2.37. The van der Waals surface area contributed by atoms with E-state index >= 15 is 0 Å². The second-order valence-corrected chi connectivity index (χ2v) is 9.02. The van der Waals surface area contributed by atoms with Gasteiger partial charge in [-0.05, 0) is 37.6 Å². The van der Waals surface area contributed by atoms with Crippen LogP contribution < -0.4 is 5.32 Å². The van der Waals surface area contributed by atoms with E-state index in [-0.39, 0.29) is 18.5 Å². The lowest BCUT2D eigenvalue weighted by Crippen LogP contribution is -2.53. The average molecular weight is 495 g/mol. The van der Waals surface area contributed by atoms with Crippen LogP contribution in [0.4, 0.5) is 9.18 Å². The lowest BCUT2D eigenvalue weighted by Gasteiger charge is -2.39. The Kier molecular flexibility index (Phi) is 7.69. The van der Waals surface area contributed by atoms with E-state index in [0.29, 0.717) is 49.6 Å². The first-order chi connectivity index (χ1) is 17.3. The minimum atomic E-state index is -0.626. The molecule has 2 heterocycles. The maximum atomic E-state index is 13.6. The standard InChI is InChI=1S/C27H31FN4O4/c1-4-36-26(34)23-22(30(3)27(35)29-24(23)19-8-5-7-18(2)15-19)17-31-11-13-32(14-12-31)25(33)20-9-6-10-21(28)16-20/h5-10,15-16,24H,4,11-14,17H2,1-3H3,(H,29,35)/t24-/m0/s1. The molecule has 2 aliphatic rings. The number of esters is 1. The molecule has 0 spiro atoms. The molecule has 0 unspecified atom stereocenters. The summed E-state index contributed by atoms with van der Waals surface area (Å²) in [5.41, 5.74) is 3.13. The molecule has 9 heteroatoms. The molecule has 1 atom stereocenters. The number of carbonyl (C=O) groups is 3. The molecule has 2 aromatic carbocycles. The molecule has 4 rings (SSSR count). The van der Waals surface area contributed by atoms with Gasteiger partial charge in [0.05, 0.1) is 18.2 Å². The van der Waals surface area contributed by atoms with Crippen LogP contribution in [0.3, 0.4) is 0 Å². The van der Waals surface area contributed by atoms with Gasteiger partial charge in [0.1, 0.15) is 5.82 Å². The summed E-state index contributed by atoms with van der Waals surface area (Å²) in [7, 11) is 1.64. The number of aryl methyl sites for hydroxylation is 1.